The molecule has 6 heteroatoms. The molecule has 1 aliphatic heterocycles. The largest absolute Gasteiger partial charge is 0.359 e. The number of amides is 1. The van der Waals surface area contributed by atoms with Crippen LogP contribution < -0.4 is 4.90 Å². The first-order valence-electron chi connectivity index (χ1n) is 11.5. The van der Waals surface area contributed by atoms with Crippen molar-refractivity contribution in [3.05, 3.63) is 42.7 Å². The van der Waals surface area contributed by atoms with Crippen molar-refractivity contribution in [3.63, 3.8) is 0 Å². The van der Waals surface area contributed by atoms with Crippen LogP contribution >= 0.6 is 11.3 Å². The lowest BCUT2D eigenvalue weighted by Crippen LogP contribution is -2.39. The van der Waals surface area contributed by atoms with Crippen molar-refractivity contribution in [3.8, 4) is 10.4 Å². The Balaban J connectivity index is 1.30. The van der Waals surface area contributed by atoms with Crippen molar-refractivity contribution >= 4 is 33.3 Å². The Morgan fingerprint density at radius 2 is 1.97 bits per heavy atom. The van der Waals surface area contributed by atoms with E-state index in [1.54, 1.807) is 17.7 Å². The number of carbonyl (C=O) groups is 1. The van der Waals surface area contributed by atoms with E-state index in [4.69, 9.17) is 0 Å². The summed E-state index contributed by atoms with van der Waals surface area (Å²) in [5.41, 5.74) is 1.79. The van der Waals surface area contributed by atoms with Gasteiger partial charge in [-0.05, 0) is 41.7 Å². The molecule has 0 radical (unpaired) electrons. The number of anilines is 1. The number of aromatic nitrogens is 2. The fourth-order valence-corrected chi connectivity index (χ4v) is 7.16. The van der Waals surface area contributed by atoms with Crippen LogP contribution in [0.4, 0.5) is 5.82 Å². The highest BCUT2D eigenvalue weighted by Crippen LogP contribution is 2.52. The highest BCUT2D eigenvalue weighted by Gasteiger charge is 2.50. The van der Waals surface area contributed by atoms with Gasteiger partial charge in [0.1, 0.15) is 17.0 Å². The number of benzene rings is 1. The van der Waals surface area contributed by atoms with Crippen LogP contribution in [0, 0.1) is 10.8 Å². The molecule has 5 nitrogen and oxygen atoms in total. The van der Waals surface area contributed by atoms with Crippen LogP contribution in [0.1, 0.15) is 46.5 Å². The minimum atomic E-state index is 0.275. The quantitative estimate of drug-likeness (QED) is 0.509. The molecule has 5 rings (SSSR count). The number of nitrogens with zero attached hydrogens (tertiary/aromatic N) is 4. The second-order valence-electron chi connectivity index (χ2n) is 10.8. The van der Waals surface area contributed by atoms with Crippen LogP contribution in [0.25, 0.3) is 20.7 Å². The molecule has 1 amide bonds. The molecule has 2 fully saturated rings. The van der Waals surface area contributed by atoms with E-state index in [2.05, 4.69) is 70.9 Å². The molecule has 0 spiro atoms. The molecule has 3 aromatic rings. The zero-order valence-corrected chi connectivity index (χ0v) is 20.3. The van der Waals surface area contributed by atoms with Crippen LogP contribution in [0.5, 0.6) is 0 Å². The predicted molar refractivity (Wildman–Crippen MR) is 132 cm³/mol. The first kappa shape index (κ1) is 21.4. The topological polar surface area (TPSA) is 49.3 Å². The smallest absolute Gasteiger partial charge is 0.224 e. The molecule has 3 heterocycles. The molecular formula is C26H32N4OS. The Morgan fingerprint density at radius 3 is 2.75 bits per heavy atom. The number of likely N-dealkylation sites (tertiary alicyclic amines) is 1. The maximum Gasteiger partial charge on any atom is 0.224 e. The number of hydrogen-bond acceptors (Lipinski definition) is 5. The molecule has 2 bridgehead atoms. The van der Waals surface area contributed by atoms with Gasteiger partial charge in [0.2, 0.25) is 5.91 Å². The van der Waals surface area contributed by atoms with E-state index in [-0.39, 0.29) is 11.3 Å². The molecule has 2 atom stereocenters. The van der Waals surface area contributed by atoms with E-state index in [9.17, 15) is 4.79 Å². The second kappa shape index (κ2) is 7.84. The fourth-order valence-electron chi connectivity index (χ4n) is 6.16. The third-order valence-corrected chi connectivity index (χ3v) is 8.22. The molecule has 1 saturated heterocycles. The number of hydrogen-bond donors (Lipinski definition) is 0. The average Bonchev–Trinajstić information content (AvgIpc) is 3.29. The zero-order valence-electron chi connectivity index (χ0n) is 19.5. The SMILES string of the molecule is CN(CCC(=O)N1CC2(C)CC1CC(C)(C)C2)c1ncnc2sc(-c3ccccc3)cc12. The summed E-state index contributed by atoms with van der Waals surface area (Å²) in [5.74, 6) is 1.18. The van der Waals surface area contributed by atoms with Crippen molar-refractivity contribution in [2.45, 2.75) is 52.5 Å². The molecule has 1 aliphatic carbocycles. The minimum Gasteiger partial charge on any atom is -0.359 e. The van der Waals surface area contributed by atoms with Gasteiger partial charge < -0.3 is 9.80 Å². The van der Waals surface area contributed by atoms with Gasteiger partial charge in [-0.15, -0.1) is 11.3 Å². The van der Waals surface area contributed by atoms with Gasteiger partial charge in [0.05, 0.1) is 5.39 Å². The molecule has 2 unspecified atom stereocenters. The lowest BCUT2D eigenvalue weighted by atomic mass is 9.65. The number of fused-ring (bicyclic) bond motifs is 3. The summed E-state index contributed by atoms with van der Waals surface area (Å²) in [7, 11) is 2.03. The van der Waals surface area contributed by atoms with Crippen molar-refractivity contribution < 1.29 is 4.79 Å². The predicted octanol–water partition coefficient (Wildman–Crippen LogP) is 5.61. The molecule has 1 aromatic carbocycles. The summed E-state index contributed by atoms with van der Waals surface area (Å²) < 4.78 is 0. The lowest BCUT2D eigenvalue weighted by molar-refractivity contribution is -0.132. The van der Waals surface area contributed by atoms with Gasteiger partial charge >= 0.3 is 0 Å². The fraction of sp³-hybridized carbons (Fsp3) is 0.500. The number of rotatable bonds is 5. The monoisotopic (exact) mass is 448 g/mol. The van der Waals surface area contributed by atoms with Crippen LogP contribution in [0.15, 0.2) is 42.7 Å². The Hall–Kier alpha value is -2.47. The van der Waals surface area contributed by atoms with Crippen molar-refractivity contribution in [1.82, 2.24) is 14.9 Å². The summed E-state index contributed by atoms with van der Waals surface area (Å²) in [6, 6.07) is 13.0. The molecule has 0 N–H and O–H groups in total. The van der Waals surface area contributed by atoms with E-state index in [1.807, 2.05) is 13.1 Å². The summed E-state index contributed by atoms with van der Waals surface area (Å²) in [6.07, 6.45) is 5.63. The Kier molecular flexibility index (Phi) is 5.24. The Morgan fingerprint density at radius 1 is 1.19 bits per heavy atom. The second-order valence-corrected chi connectivity index (χ2v) is 11.8. The van der Waals surface area contributed by atoms with E-state index < -0.39 is 0 Å². The van der Waals surface area contributed by atoms with E-state index in [1.165, 1.54) is 16.9 Å². The summed E-state index contributed by atoms with van der Waals surface area (Å²) >= 11 is 1.68. The van der Waals surface area contributed by atoms with Crippen molar-refractivity contribution in [2.75, 3.05) is 25.0 Å². The van der Waals surface area contributed by atoms with Gasteiger partial charge in [-0.3, -0.25) is 4.79 Å². The lowest BCUT2D eigenvalue weighted by Gasteiger charge is -2.39. The van der Waals surface area contributed by atoms with Crippen LogP contribution in [-0.4, -0.2) is 47.0 Å². The summed E-state index contributed by atoms with van der Waals surface area (Å²) in [5, 5.41) is 1.05. The maximum atomic E-state index is 13.2. The summed E-state index contributed by atoms with van der Waals surface area (Å²) in [4.78, 5) is 28.7. The van der Waals surface area contributed by atoms with Gasteiger partial charge in [-0.2, -0.15) is 0 Å². The summed E-state index contributed by atoms with van der Waals surface area (Å²) in [6.45, 7) is 8.63. The third-order valence-electron chi connectivity index (χ3n) is 7.12. The number of thiophene rings is 1. The van der Waals surface area contributed by atoms with Gasteiger partial charge in [-0.25, -0.2) is 9.97 Å². The molecular weight excluding hydrogens is 416 g/mol. The highest BCUT2D eigenvalue weighted by molar-refractivity contribution is 7.21. The number of carbonyl (C=O) groups excluding carboxylic acids is 1. The molecule has 32 heavy (non-hydrogen) atoms. The van der Waals surface area contributed by atoms with Crippen LogP contribution in [0.2, 0.25) is 0 Å². The van der Waals surface area contributed by atoms with E-state index in [0.717, 1.165) is 35.4 Å². The standard InChI is InChI=1S/C26H32N4OS/c1-25(2)13-19-14-26(3,15-25)16-30(19)22(31)10-11-29(4)23-20-12-21(18-8-6-5-7-9-18)32-24(20)28-17-27-23/h5-9,12,17,19H,10-11,13-16H2,1-4H3. The normalized spacial score (nSPS) is 24.1. The van der Waals surface area contributed by atoms with Gasteiger partial charge in [0.25, 0.3) is 0 Å². The Bertz CT molecular complexity index is 1140. The van der Waals surface area contributed by atoms with Crippen molar-refractivity contribution in [2.24, 2.45) is 10.8 Å². The first-order valence-corrected chi connectivity index (χ1v) is 12.4. The molecule has 2 aromatic heterocycles. The Labute approximate surface area is 194 Å². The molecule has 2 aliphatic rings. The van der Waals surface area contributed by atoms with Gasteiger partial charge in [0, 0.05) is 37.5 Å². The van der Waals surface area contributed by atoms with Crippen LogP contribution in [0.3, 0.4) is 0 Å². The highest BCUT2D eigenvalue weighted by atomic mass is 32.1. The third kappa shape index (κ3) is 4.01. The first-order chi connectivity index (χ1) is 15.2. The molecule has 168 valence electrons. The zero-order chi connectivity index (χ0) is 22.5. The van der Waals surface area contributed by atoms with Crippen molar-refractivity contribution in [1.29, 1.82) is 0 Å². The average molecular weight is 449 g/mol. The van der Waals surface area contributed by atoms with E-state index in [0.29, 0.717) is 24.4 Å². The van der Waals surface area contributed by atoms with Gasteiger partial charge in [-0.1, -0.05) is 51.1 Å². The molecule has 1 saturated carbocycles. The van der Waals surface area contributed by atoms with Gasteiger partial charge in [0.15, 0.2) is 0 Å². The minimum absolute atomic E-state index is 0.275. The maximum absolute atomic E-state index is 13.2. The van der Waals surface area contributed by atoms with E-state index >= 15 is 0 Å². The van der Waals surface area contributed by atoms with Crippen LogP contribution in [-0.2, 0) is 4.79 Å².